The Morgan fingerprint density at radius 3 is 2.18 bits per heavy atom. The lowest BCUT2D eigenvalue weighted by Crippen LogP contribution is -2.18. The van der Waals surface area contributed by atoms with Gasteiger partial charge in [0, 0.05) is 61.2 Å². The van der Waals surface area contributed by atoms with Crippen LogP contribution in [0.15, 0.2) is 77.3 Å². The molecule has 0 spiro atoms. The first-order chi connectivity index (χ1) is 21.8. The lowest BCUT2D eigenvalue weighted by atomic mass is 9.97. The number of carbonyl (C=O) groups is 3. The van der Waals surface area contributed by atoms with Crippen LogP contribution in [0.4, 0.5) is 14.5 Å². The van der Waals surface area contributed by atoms with Gasteiger partial charge in [-0.1, -0.05) is 25.2 Å². The van der Waals surface area contributed by atoms with Crippen LogP contribution in [0, 0.1) is 11.6 Å². The molecular weight excluding hydrogens is 598 g/mol. The molecule has 0 radical (unpaired) electrons. The Morgan fingerprint density at radius 2 is 1.56 bits per heavy atom. The molecule has 0 aliphatic heterocycles. The minimum atomic E-state index is -0.412. The van der Waals surface area contributed by atoms with Gasteiger partial charge in [0.05, 0.1) is 5.56 Å². The Bertz CT molecular complexity index is 1880. The van der Waals surface area contributed by atoms with Crippen molar-refractivity contribution in [2.45, 2.75) is 13.8 Å². The van der Waals surface area contributed by atoms with Crippen LogP contribution >= 0.6 is 11.3 Å². The van der Waals surface area contributed by atoms with E-state index < -0.39 is 5.82 Å². The van der Waals surface area contributed by atoms with Gasteiger partial charge in [-0.25, -0.2) is 18.7 Å². The highest BCUT2D eigenvalue weighted by Crippen LogP contribution is 2.42. The van der Waals surface area contributed by atoms with E-state index in [-0.39, 0.29) is 11.7 Å². The third-order valence-electron chi connectivity index (χ3n) is 6.47. The molecule has 0 aliphatic carbocycles. The Kier molecular flexibility index (Phi) is 11.7. The summed E-state index contributed by atoms with van der Waals surface area (Å²) in [5.74, 6) is -0.823. The summed E-state index contributed by atoms with van der Waals surface area (Å²) in [5, 5.41) is 3.89. The lowest BCUT2D eigenvalue weighted by Gasteiger charge is -2.18. The van der Waals surface area contributed by atoms with Crippen LogP contribution in [0.25, 0.3) is 54.3 Å². The molecule has 3 heterocycles. The Hall–Kier alpha value is -5.29. The summed E-state index contributed by atoms with van der Waals surface area (Å²) in [6.45, 7) is 8.00. The van der Waals surface area contributed by atoms with Gasteiger partial charge < -0.3 is 24.2 Å². The van der Waals surface area contributed by atoms with Gasteiger partial charge in [0.1, 0.15) is 51.9 Å². The largest absolute Gasteiger partial charge is 0.455 e. The van der Waals surface area contributed by atoms with Crippen molar-refractivity contribution in [3.05, 3.63) is 90.1 Å². The quantitative estimate of drug-likeness (QED) is 0.207. The molecule has 1 N–H and O–H groups in total. The molecule has 232 valence electrons. The van der Waals surface area contributed by atoms with Gasteiger partial charge in [-0.05, 0) is 66.2 Å². The second-order valence-electron chi connectivity index (χ2n) is 9.23. The number of nitrogens with one attached hydrogen (secondary N) is 1. The molecule has 6 aromatic rings. The van der Waals surface area contributed by atoms with E-state index in [0.717, 1.165) is 16.0 Å². The van der Waals surface area contributed by atoms with Crippen molar-refractivity contribution >= 4 is 57.8 Å². The van der Waals surface area contributed by atoms with E-state index in [9.17, 15) is 9.18 Å². The minimum absolute atomic E-state index is 0.319. The fourth-order valence-corrected chi connectivity index (χ4v) is 5.54. The molecule has 0 unspecified atom stereocenters. The predicted molar refractivity (Wildman–Crippen MR) is 177 cm³/mol. The second kappa shape index (κ2) is 15.4. The van der Waals surface area contributed by atoms with Crippen molar-refractivity contribution < 1.29 is 27.6 Å². The van der Waals surface area contributed by atoms with Crippen molar-refractivity contribution in [3.63, 3.8) is 0 Å². The predicted octanol–water partition coefficient (Wildman–Crippen LogP) is 7.80. The zero-order valence-electron chi connectivity index (χ0n) is 25.5. The highest BCUT2D eigenvalue weighted by atomic mass is 32.1. The number of benzene rings is 3. The number of aromatic nitrogens is 2. The number of fused-ring (bicyclic) bond motifs is 2. The van der Waals surface area contributed by atoms with Gasteiger partial charge in [-0.15, -0.1) is 0 Å². The molecule has 0 atom stereocenters. The van der Waals surface area contributed by atoms with Crippen LogP contribution in [-0.2, 0) is 9.59 Å². The standard InChI is InChI=1S/C30H22F2N4O2S.C2H6.2CH2O/c1-33-28(37)26-22-14-21(24(36(2)3)15-25(22)38-27(26)16-6-8-19(31)9-7-16)17-11-18(13-20(32)12-17)29-35-23-5-4-10-34-30(23)39-29;3*1-2/h4-15H,1-3H3,(H,33,37);1-2H3;2*1H2. The number of nitrogens with zero attached hydrogens (tertiary/aromatic N) is 3. The maximum absolute atomic E-state index is 15.1. The molecule has 0 bridgehead atoms. The van der Waals surface area contributed by atoms with Gasteiger partial charge in [-0.2, -0.15) is 0 Å². The SMILES string of the molecule is C=O.C=O.CC.CNC(=O)c1c(-c2ccc(F)cc2)oc2cc(N(C)C)c(-c3cc(F)cc(-c4nc5cccnc5s4)c3)cc12. The lowest BCUT2D eigenvalue weighted by molar-refractivity contribution is -0.0987. The van der Waals surface area contributed by atoms with Crippen LogP contribution < -0.4 is 10.2 Å². The number of pyridine rings is 1. The smallest absolute Gasteiger partial charge is 0.255 e. The summed E-state index contributed by atoms with van der Waals surface area (Å²) in [4.78, 5) is 40.7. The van der Waals surface area contributed by atoms with Gasteiger partial charge in [0.25, 0.3) is 5.91 Å². The maximum Gasteiger partial charge on any atom is 0.255 e. The van der Waals surface area contributed by atoms with E-state index in [4.69, 9.17) is 14.0 Å². The summed E-state index contributed by atoms with van der Waals surface area (Å²) < 4.78 is 34.8. The van der Waals surface area contributed by atoms with Crippen molar-refractivity contribution in [1.29, 1.82) is 0 Å². The average molecular weight is 631 g/mol. The molecule has 1 amide bonds. The molecule has 0 aliphatic rings. The zero-order valence-corrected chi connectivity index (χ0v) is 26.3. The number of hydrogen-bond acceptors (Lipinski definition) is 8. The minimum Gasteiger partial charge on any atom is -0.455 e. The summed E-state index contributed by atoms with van der Waals surface area (Å²) in [6, 6.07) is 17.9. The number of thiazole rings is 1. The topological polar surface area (TPSA) is 105 Å². The first-order valence-electron chi connectivity index (χ1n) is 13.7. The van der Waals surface area contributed by atoms with Gasteiger partial charge in [0.15, 0.2) is 0 Å². The Morgan fingerprint density at radius 1 is 0.889 bits per heavy atom. The van der Waals surface area contributed by atoms with Crippen LogP contribution in [0.2, 0.25) is 0 Å². The van der Waals surface area contributed by atoms with Crippen LogP contribution in [-0.4, -0.2) is 50.6 Å². The molecule has 3 aromatic carbocycles. The van der Waals surface area contributed by atoms with Crippen molar-refractivity contribution in [3.8, 4) is 33.0 Å². The number of rotatable bonds is 5. The Balaban J connectivity index is 0.000000870. The fraction of sp³-hybridized carbons (Fsp3) is 0.147. The first-order valence-corrected chi connectivity index (χ1v) is 14.5. The fourth-order valence-electron chi connectivity index (χ4n) is 4.65. The number of carbonyl (C=O) groups excluding carboxylic acids is 3. The van der Waals surface area contributed by atoms with Crippen LogP contribution in [0.5, 0.6) is 0 Å². The van der Waals surface area contributed by atoms with Crippen LogP contribution in [0.1, 0.15) is 24.2 Å². The number of halogens is 2. The summed E-state index contributed by atoms with van der Waals surface area (Å²) in [5.41, 5.74) is 4.85. The van der Waals surface area contributed by atoms with Gasteiger partial charge in [0.2, 0.25) is 0 Å². The maximum atomic E-state index is 15.1. The van der Waals surface area contributed by atoms with Gasteiger partial charge >= 0.3 is 0 Å². The number of amides is 1. The molecular formula is C34H32F2N4O4S. The third-order valence-corrected chi connectivity index (χ3v) is 7.50. The Labute approximate surface area is 263 Å². The molecule has 3 aromatic heterocycles. The second-order valence-corrected chi connectivity index (χ2v) is 10.2. The normalized spacial score (nSPS) is 10.1. The number of anilines is 1. The molecule has 45 heavy (non-hydrogen) atoms. The van der Waals surface area contributed by atoms with E-state index in [1.54, 1.807) is 18.3 Å². The van der Waals surface area contributed by atoms with Gasteiger partial charge in [-0.3, -0.25) is 4.79 Å². The van der Waals surface area contributed by atoms with Crippen molar-refractivity contribution in [2.75, 3.05) is 26.0 Å². The molecule has 0 fully saturated rings. The summed E-state index contributed by atoms with van der Waals surface area (Å²) >= 11 is 1.39. The highest BCUT2D eigenvalue weighted by molar-refractivity contribution is 7.21. The monoisotopic (exact) mass is 630 g/mol. The number of hydrogen-bond donors (Lipinski definition) is 1. The molecule has 0 saturated carbocycles. The molecule has 8 nitrogen and oxygen atoms in total. The third kappa shape index (κ3) is 7.10. The highest BCUT2D eigenvalue weighted by Gasteiger charge is 2.24. The first kappa shape index (κ1) is 34.2. The summed E-state index contributed by atoms with van der Waals surface area (Å²) in [6.07, 6.45) is 1.70. The van der Waals surface area contributed by atoms with Crippen LogP contribution in [0.3, 0.4) is 0 Å². The van der Waals surface area contributed by atoms with E-state index in [1.165, 1.54) is 42.6 Å². The van der Waals surface area contributed by atoms with E-state index in [1.807, 2.05) is 76.8 Å². The van der Waals surface area contributed by atoms with Crippen molar-refractivity contribution in [2.24, 2.45) is 0 Å². The summed E-state index contributed by atoms with van der Waals surface area (Å²) in [7, 11) is 5.30. The molecule has 6 rings (SSSR count). The number of furan rings is 1. The zero-order chi connectivity index (χ0) is 33.3. The molecule has 0 saturated heterocycles. The van der Waals surface area contributed by atoms with Crippen molar-refractivity contribution in [1.82, 2.24) is 15.3 Å². The van der Waals surface area contributed by atoms with E-state index >= 15 is 4.39 Å². The van der Waals surface area contributed by atoms with E-state index in [2.05, 4.69) is 15.3 Å². The van der Waals surface area contributed by atoms with E-state index in [0.29, 0.717) is 49.6 Å². The molecule has 11 heteroatoms. The average Bonchev–Trinajstić information content (AvgIpc) is 3.68.